The van der Waals surface area contributed by atoms with E-state index >= 15 is 0 Å². The third-order valence-corrected chi connectivity index (χ3v) is 4.22. The highest BCUT2D eigenvalue weighted by molar-refractivity contribution is 5.88. The first-order chi connectivity index (χ1) is 12.4. The van der Waals surface area contributed by atoms with Crippen molar-refractivity contribution < 1.29 is 14.0 Å². The molecule has 5 heteroatoms. The third-order valence-electron chi connectivity index (χ3n) is 4.22. The van der Waals surface area contributed by atoms with E-state index in [0.29, 0.717) is 18.7 Å². The fraction of sp³-hybridized carbons (Fsp3) is 0.333. The standard InChI is InChI=1S/C21H25FN2O2/c1-4-23-21(26)16(3)24(14-18-7-5-6-15(2)12-18)20(25)13-17-8-10-19(22)11-9-17/h5-12,16H,4,13-14H2,1-3H3,(H,23,26)/t16-/m0/s1. The molecular weight excluding hydrogens is 331 g/mol. The highest BCUT2D eigenvalue weighted by Gasteiger charge is 2.25. The van der Waals surface area contributed by atoms with Crippen molar-refractivity contribution in [3.05, 3.63) is 71.0 Å². The number of hydrogen-bond donors (Lipinski definition) is 1. The largest absolute Gasteiger partial charge is 0.355 e. The molecule has 0 spiro atoms. The Labute approximate surface area is 154 Å². The van der Waals surface area contributed by atoms with Crippen LogP contribution < -0.4 is 5.32 Å². The van der Waals surface area contributed by atoms with Gasteiger partial charge in [0.05, 0.1) is 6.42 Å². The lowest BCUT2D eigenvalue weighted by Crippen LogP contribution is -2.48. The molecule has 0 saturated carbocycles. The maximum atomic E-state index is 13.1. The minimum absolute atomic E-state index is 0.121. The number of carbonyl (C=O) groups is 2. The van der Waals surface area contributed by atoms with Crippen molar-refractivity contribution >= 4 is 11.8 Å². The molecule has 0 bridgehead atoms. The van der Waals surface area contributed by atoms with Crippen molar-refractivity contribution in [2.75, 3.05) is 6.54 Å². The monoisotopic (exact) mass is 356 g/mol. The molecule has 0 aliphatic carbocycles. The van der Waals surface area contributed by atoms with Crippen molar-refractivity contribution in [3.8, 4) is 0 Å². The fourth-order valence-electron chi connectivity index (χ4n) is 2.79. The SMILES string of the molecule is CCNC(=O)[C@H](C)N(Cc1cccc(C)c1)C(=O)Cc1ccc(F)cc1. The Balaban J connectivity index is 2.21. The zero-order chi connectivity index (χ0) is 19.1. The van der Waals surface area contributed by atoms with Crippen molar-refractivity contribution in [2.24, 2.45) is 0 Å². The molecule has 0 aliphatic heterocycles. The Bertz CT molecular complexity index is 759. The first-order valence-corrected chi connectivity index (χ1v) is 8.78. The summed E-state index contributed by atoms with van der Waals surface area (Å²) >= 11 is 0. The fourth-order valence-corrected chi connectivity index (χ4v) is 2.79. The highest BCUT2D eigenvalue weighted by Crippen LogP contribution is 2.14. The zero-order valence-electron chi connectivity index (χ0n) is 15.5. The van der Waals surface area contributed by atoms with E-state index in [1.807, 2.05) is 38.1 Å². The highest BCUT2D eigenvalue weighted by atomic mass is 19.1. The second-order valence-electron chi connectivity index (χ2n) is 6.38. The van der Waals surface area contributed by atoms with Gasteiger partial charge < -0.3 is 10.2 Å². The van der Waals surface area contributed by atoms with Crippen LogP contribution in [0.4, 0.5) is 4.39 Å². The Hall–Kier alpha value is -2.69. The molecule has 1 N–H and O–H groups in total. The van der Waals surface area contributed by atoms with Gasteiger partial charge in [0.25, 0.3) is 0 Å². The molecule has 0 fully saturated rings. The Morgan fingerprint density at radius 3 is 2.42 bits per heavy atom. The van der Waals surface area contributed by atoms with Crippen LogP contribution in [0.5, 0.6) is 0 Å². The molecule has 2 amide bonds. The van der Waals surface area contributed by atoms with Gasteiger partial charge in [-0.3, -0.25) is 9.59 Å². The van der Waals surface area contributed by atoms with E-state index in [4.69, 9.17) is 0 Å². The van der Waals surface area contributed by atoms with E-state index < -0.39 is 6.04 Å². The Morgan fingerprint density at radius 2 is 1.81 bits per heavy atom. The number of likely N-dealkylation sites (N-methyl/N-ethyl adjacent to an activating group) is 1. The summed E-state index contributed by atoms with van der Waals surface area (Å²) in [5, 5.41) is 2.77. The molecule has 2 aromatic rings. The van der Waals surface area contributed by atoms with Crippen LogP contribution in [0.2, 0.25) is 0 Å². The van der Waals surface area contributed by atoms with Crippen LogP contribution in [0.1, 0.15) is 30.5 Å². The van der Waals surface area contributed by atoms with E-state index in [1.165, 1.54) is 12.1 Å². The summed E-state index contributed by atoms with van der Waals surface area (Å²) in [6.45, 7) is 6.41. The maximum absolute atomic E-state index is 13.1. The van der Waals surface area contributed by atoms with Crippen LogP contribution >= 0.6 is 0 Å². The first-order valence-electron chi connectivity index (χ1n) is 8.78. The first kappa shape index (κ1) is 19.6. The van der Waals surface area contributed by atoms with Gasteiger partial charge in [0.1, 0.15) is 11.9 Å². The number of carbonyl (C=O) groups excluding carboxylic acids is 2. The van der Waals surface area contributed by atoms with E-state index in [1.54, 1.807) is 24.0 Å². The Kier molecular flexibility index (Phi) is 6.89. The van der Waals surface area contributed by atoms with Crippen molar-refractivity contribution in [1.29, 1.82) is 0 Å². The number of hydrogen-bond acceptors (Lipinski definition) is 2. The van der Waals surface area contributed by atoms with E-state index in [-0.39, 0.29) is 24.1 Å². The predicted molar refractivity (Wildman–Crippen MR) is 100.0 cm³/mol. The zero-order valence-corrected chi connectivity index (χ0v) is 15.5. The van der Waals surface area contributed by atoms with Crippen LogP contribution in [0.15, 0.2) is 48.5 Å². The molecule has 4 nitrogen and oxygen atoms in total. The van der Waals surface area contributed by atoms with E-state index in [9.17, 15) is 14.0 Å². The van der Waals surface area contributed by atoms with E-state index in [2.05, 4.69) is 5.32 Å². The summed E-state index contributed by atoms with van der Waals surface area (Å²) in [5.41, 5.74) is 2.78. The average Bonchev–Trinajstić information content (AvgIpc) is 2.61. The maximum Gasteiger partial charge on any atom is 0.242 e. The minimum atomic E-state index is -0.594. The molecule has 0 heterocycles. The van der Waals surface area contributed by atoms with Crippen molar-refractivity contribution in [1.82, 2.24) is 10.2 Å². The molecule has 0 radical (unpaired) electrons. The molecule has 26 heavy (non-hydrogen) atoms. The van der Waals surface area contributed by atoms with Gasteiger partial charge in [-0.25, -0.2) is 4.39 Å². The minimum Gasteiger partial charge on any atom is -0.355 e. The molecule has 0 saturated heterocycles. The van der Waals surface area contributed by atoms with Crippen LogP contribution in [0, 0.1) is 12.7 Å². The second kappa shape index (κ2) is 9.13. The van der Waals surface area contributed by atoms with Crippen molar-refractivity contribution in [2.45, 2.75) is 39.8 Å². The summed E-state index contributed by atoms with van der Waals surface area (Å²) in [6.07, 6.45) is 0.121. The van der Waals surface area contributed by atoms with Gasteiger partial charge >= 0.3 is 0 Å². The van der Waals surface area contributed by atoms with Gasteiger partial charge in [0.2, 0.25) is 11.8 Å². The topological polar surface area (TPSA) is 49.4 Å². The second-order valence-corrected chi connectivity index (χ2v) is 6.38. The van der Waals surface area contributed by atoms with Crippen LogP contribution in [-0.2, 0) is 22.6 Å². The van der Waals surface area contributed by atoms with Gasteiger partial charge in [-0.1, -0.05) is 42.0 Å². The van der Waals surface area contributed by atoms with Gasteiger partial charge in [-0.2, -0.15) is 0 Å². The van der Waals surface area contributed by atoms with Crippen LogP contribution in [0.3, 0.4) is 0 Å². The van der Waals surface area contributed by atoms with Crippen molar-refractivity contribution in [3.63, 3.8) is 0 Å². The number of amides is 2. The van der Waals surface area contributed by atoms with Gasteiger partial charge in [-0.15, -0.1) is 0 Å². The van der Waals surface area contributed by atoms with Gasteiger partial charge in [0.15, 0.2) is 0 Å². The van der Waals surface area contributed by atoms with Gasteiger partial charge in [-0.05, 0) is 44.0 Å². The van der Waals surface area contributed by atoms with Crippen LogP contribution in [0.25, 0.3) is 0 Å². The lowest BCUT2D eigenvalue weighted by Gasteiger charge is -2.29. The normalized spacial score (nSPS) is 11.7. The number of nitrogens with zero attached hydrogens (tertiary/aromatic N) is 1. The molecule has 2 rings (SSSR count). The van der Waals surface area contributed by atoms with E-state index in [0.717, 1.165) is 11.1 Å². The number of aryl methyl sites for hydroxylation is 1. The quantitative estimate of drug-likeness (QED) is 0.828. The summed E-state index contributed by atoms with van der Waals surface area (Å²) in [5.74, 6) is -0.696. The lowest BCUT2D eigenvalue weighted by atomic mass is 10.1. The molecule has 138 valence electrons. The summed E-state index contributed by atoms with van der Waals surface area (Å²) < 4.78 is 13.1. The third kappa shape index (κ3) is 5.41. The molecule has 0 aliphatic rings. The molecular formula is C21H25FN2O2. The predicted octanol–water partition coefficient (Wildman–Crippen LogP) is 3.23. The van der Waals surface area contributed by atoms with Gasteiger partial charge in [0, 0.05) is 13.1 Å². The summed E-state index contributed by atoms with van der Waals surface area (Å²) in [7, 11) is 0. The molecule has 0 unspecified atom stereocenters. The lowest BCUT2D eigenvalue weighted by molar-refractivity contribution is -0.140. The number of halogens is 1. The van der Waals surface area contributed by atoms with Crippen LogP contribution in [-0.4, -0.2) is 29.3 Å². The molecule has 2 aromatic carbocycles. The number of benzene rings is 2. The molecule has 0 aromatic heterocycles. The summed E-state index contributed by atoms with van der Waals surface area (Å²) in [4.78, 5) is 26.8. The Morgan fingerprint density at radius 1 is 1.12 bits per heavy atom. The average molecular weight is 356 g/mol. The molecule has 1 atom stereocenters. The number of nitrogens with one attached hydrogen (secondary N) is 1. The number of rotatable bonds is 7. The smallest absolute Gasteiger partial charge is 0.242 e. The summed E-state index contributed by atoms with van der Waals surface area (Å²) in [6, 6.07) is 13.1.